The zero-order chi connectivity index (χ0) is 55.5. The van der Waals surface area contributed by atoms with E-state index in [1.54, 1.807) is 0 Å². The number of likely N-dealkylation sites (N-methyl/N-ethyl adjacent to an activating group) is 1. The Labute approximate surface area is 471 Å². The Morgan fingerprint density at radius 2 is 0.671 bits per heavy atom. The number of ether oxygens (including phenoxy) is 4. The van der Waals surface area contributed by atoms with Gasteiger partial charge in [-0.25, -0.2) is 0 Å². The summed E-state index contributed by atoms with van der Waals surface area (Å²) in [6.07, 6.45) is 68.4. The summed E-state index contributed by atoms with van der Waals surface area (Å²) >= 11 is 0. The maximum atomic E-state index is 12.9. The number of rotatable bonds is 62. The number of carbonyl (C=O) groups is 3. The van der Waals surface area contributed by atoms with Gasteiger partial charge in [0.05, 0.1) is 40.3 Å². The topological polar surface area (TPSA) is 111 Å². The molecule has 0 aromatic carbocycles. The summed E-state index contributed by atoms with van der Waals surface area (Å²) in [4.78, 5) is 37.3. The van der Waals surface area contributed by atoms with Crippen LogP contribution in [-0.2, 0) is 33.3 Å². The maximum absolute atomic E-state index is 12.9. The molecule has 0 aromatic rings. The van der Waals surface area contributed by atoms with Crippen LogP contribution in [0.15, 0.2) is 24.3 Å². The number of carboxylic acid groups (broad SMARTS) is 1. The van der Waals surface area contributed by atoms with Crippen molar-refractivity contribution in [1.82, 2.24) is 0 Å². The average molecular weight is 1070 g/mol. The van der Waals surface area contributed by atoms with Crippen LogP contribution in [0.4, 0.5) is 0 Å². The fourth-order valence-electron chi connectivity index (χ4n) is 9.82. The van der Waals surface area contributed by atoms with Crippen molar-refractivity contribution < 1.29 is 42.9 Å². The van der Waals surface area contributed by atoms with Crippen molar-refractivity contribution in [2.75, 3.05) is 47.5 Å². The van der Waals surface area contributed by atoms with Crippen LogP contribution in [0.25, 0.3) is 0 Å². The molecule has 0 saturated heterocycles. The summed E-state index contributed by atoms with van der Waals surface area (Å²) in [5.41, 5.74) is 0. The third-order valence-corrected chi connectivity index (χ3v) is 14.9. The Bertz CT molecular complexity index is 1300. The smallest absolute Gasteiger partial charge is 0.306 e. The standard InChI is InChI=1S/C67H127NO8/c1-6-8-10-12-14-16-18-20-22-24-25-26-27-28-29-30-31-32-33-34-35-36-37-38-39-40-41-42-44-46-48-50-52-54-56-58-65(70)76-63(62-75-67(66(71)72)73-60-59-68(3,4)5)61-74-64(69)57-55-53-51-49-47-45-43-23-21-19-17-15-13-11-9-7-2/h23-25,43,63,67H,6-22,26-42,44-62H2,1-5H3/b25-24-,43-23-. The van der Waals surface area contributed by atoms with E-state index in [1.807, 2.05) is 21.1 Å². The van der Waals surface area contributed by atoms with Gasteiger partial charge in [-0.2, -0.15) is 0 Å². The molecular formula is C67H127NO8. The van der Waals surface area contributed by atoms with Crippen molar-refractivity contribution in [3.63, 3.8) is 0 Å². The second-order valence-electron chi connectivity index (χ2n) is 23.8. The predicted octanol–water partition coefficient (Wildman–Crippen LogP) is 18.5. The van der Waals surface area contributed by atoms with Gasteiger partial charge in [0.2, 0.25) is 0 Å². The van der Waals surface area contributed by atoms with Gasteiger partial charge >= 0.3 is 11.9 Å². The van der Waals surface area contributed by atoms with E-state index in [-0.39, 0.29) is 38.6 Å². The Morgan fingerprint density at radius 3 is 0.974 bits per heavy atom. The first-order valence-corrected chi connectivity index (χ1v) is 33.0. The lowest BCUT2D eigenvalue weighted by molar-refractivity contribution is -0.870. The van der Waals surface area contributed by atoms with E-state index in [4.69, 9.17) is 18.9 Å². The van der Waals surface area contributed by atoms with Gasteiger partial charge < -0.3 is 33.3 Å². The molecule has 0 aliphatic rings. The van der Waals surface area contributed by atoms with Gasteiger partial charge in [0.1, 0.15) is 13.2 Å². The number of carboxylic acids is 1. The molecule has 9 nitrogen and oxygen atoms in total. The Kier molecular flexibility index (Phi) is 57.2. The molecule has 9 heteroatoms. The molecule has 0 amide bonds. The predicted molar refractivity (Wildman–Crippen MR) is 320 cm³/mol. The largest absolute Gasteiger partial charge is 0.545 e. The monoisotopic (exact) mass is 1070 g/mol. The highest BCUT2D eigenvalue weighted by Crippen LogP contribution is 2.18. The first-order chi connectivity index (χ1) is 37.1. The van der Waals surface area contributed by atoms with Crippen LogP contribution in [0.3, 0.4) is 0 Å². The summed E-state index contributed by atoms with van der Waals surface area (Å²) in [7, 11) is 5.93. The summed E-state index contributed by atoms with van der Waals surface area (Å²) in [5.74, 6) is -2.27. The van der Waals surface area contributed by atoms with Crippen molar-refractivity contribution >= 4 is 17.9 Å². The summed E-state index contributed by atoms with van der Waals surface area (Å²) < 4.78 is 22.7. The number of carbonyl (C=O) groups excluding carboxylic acids is 3. The summed E-state index contributed by atoms with van der Waals surface area (Å²) in [6, 6.07) is 0. The molecule has 0 aliphatic carbocycles. The number of esters is 2. The van der Waals surface area contributed by atoms with Crippen LogP contribution in [0.1, 0.15) is 328 Å². The van der Waals surface area contributed by atoms with Gasteiger partial charge in [-0.1, -0.05) is 276 Å². The molecule has 448 valence electrons. The molecule has 76 heavy (non-hydrogen) atoms. The number of allylic oxidation sites excluding steroid dienone is 4. The molecule has 0 radical (unpaired) electrons. The SMILES string of the molecule is CCCCCCCCC/C=C\CCCCCCCC(=O)OCC(COC(OCC[N+](C)(C)C)C(=O)[O-])OC(=O)CCCCCCCCCCCCCCCCCCCCCCCCC/C=C\CCCCCCCCCC. The first kappa shape index (κ1) is 73.8. The minimum Gasteiger partial charge on any atom is -0.545 e. The minimum atomic E-state index is -1.62. The van der Waals surface area contributed by atoms with Crippen molar-refractivity contribution in [2.24, 2.45) is 0 Å². The lowest BCUT2D eigenvalue weighted by Gasteiger charge is -2.26. The molecule has 0 aromatic heterocycles. The lowest BCUT2D eigenvalue weighted by Crippen LogP contribution is -2.44. The van der Waals surface area contributed by atoms with E-state index in [0.29, 0.717) is 11.0 Å². The molecule has 0 bridgehead atoms. The fourth-order valence-corrected chi connectivity index (χ4v) is 9.82. The van der Waals surface area contributed by atoms with E-state index in [2.05, 4.69) is 38.2 Å². The Balaban J connectivity index is 4.00. The van der Waals surface area contributed by atoms with Crippen molar-refractivity contribution in [3.8, 4) is 0 Å². The van der Waals surface area contributed by atoms with E-state index in [1.165, 1.54) is 244 Å². The van der Waals surface area contributed by atoms with Gasteiger partial charge in [0, 0.05) is 12.8 Å². The highest BCUT2D eigenvalue weighted by molar-refractivity contribution is 5.70. The van der Waals surface area contributed by atoms with Crippen molar-refractivity contribution in [3.05, 3.63) is 24.3 Å². The normalized spacial score (nSPS) is 12.8. The third kappa shape index (κ3) is 59.4. The lowest BCUT2D eigenvalue weighted by atomic mass is 10.0. The number of nitrogens with zero attached hydrogens (tertiary/aromatic N) is 1. The van der Waals surface area contributed by atoms with Crippen LogP contribution in [0.5, 0.6) is 0 Å². The second kappa shape index (κ2) is 58.9. The quantitative estimate of drug-likeness (QED) is 0.0195. The van der Waals surface area contributed by atoms with E-state index in [0.717, 1.165) is 57.8 Å². The van der Waals surface area contributed by atoms with Gasteiger partial charge in [-0.05, 0) is 64.2 Å². The molecule has 2 unspecified atom stereocenters. The van der Waals surface area contributed by atoms with Crippen LogP contribution < -0.4 is 5.11 Å². The summed E-state index contributed by atoms with van der Waals surface area (Å²) in [5, 5.41) is 11.8. The zero-order valence-corrected chi connectivity index (χ0v) is 51.2. The van der Waals surface area contributed by atoms with Gasteiger partial charge in [0.15, 0.2) is 12.4 Å². The van der Waals surface area contributed by atoms with Gasteiger partial charge in [-0.15, -0.1) is 0 Å². The molecule has 0 heterocycles. The first-order valence-electron chi connectivity index (χ1n) is 33.0. The molecule has 2 atom stereocenters. The molecule has 0 saturated carbocycles. The van der Waals surface area contributed by atoms with Crippen LogP contribution in [0.2, 0.25) is 0 Å². The van der Waals surface area contributed by atoms with Crippen molar-refractivity contribution in [2.45, 2.75) is 341 Å². The average Bonchev–Trinajstić information content (AvgIpc) is 3.39. The number of quaternary nitrogens is 1. The van der Waals surface area contributed by atoms with Crippen LogP contribution in [0, 0.1) is 0 Å². The minimum absolute atomic E-state index is 0.149. The molecule has 0 fully saturated rings. The maximum Gasteiger partial charge on any atom is 0.306 e. The van der Waals surface area contributed by atoms with Crippen molar-refractivity contribution in [1.29, 1.82) is 0 Å². The van der Waals surface area contributed by atoms with Crippen LogP contribution in [-0.4, -0.2) is 82.3 Å². The molecule has 0 spiro atoms. The van der Waals surface area contributed by atoms with Gasteiger partial charge in [-0.3, -0.25) is 9.59 Å². The molecule has 0 N–H and O–H groups in total. The molecular weight excluding hydrogens is 947 g/mol. The second-order valence-corrected chi connectivity index (χ2v) is 23.8. The fraction of sp³-hybridized carbons (Fsp3) is 0.896. The molecule has 0 rings (SSSR count). The van der Waals surface area contributed by atoms with E-state index < -0.39 is 24.3 Å². The zero-order valence-electron chi connectivity index (χ0n) is 51.2. The third-order valence-electron chi connectivity index (χ3n) is 14.9. The number of unbranched alkanes of at least 4 members (excludes halogenated alkanes) is 43. The Morgan fingerprint density at radius 1 is 0.382 bits per heavy atom. The summed E-state index contributed by atoms with van der Waals surface area (Å²) in [6.45, 7) is 4.79. The number of hydrogen-bond acceptors (Lipinski definition) is 8. The van der Waals surface area contributed by atoms with E-state index >= 15 is 0 Å². The number of hydrogen-bond donors (Lipinski definition) is 0. The number of aliphatic carboxylic acids is 1. The van der Waals surface area contributed by atoms with Crippen LogP contribution >= 0.6 is 0 Å². The highest BCUT2D eigenvalue weighted by atomic mass is 16.7. The van der Waals surface area contributed by atoms with Gasteiger partial charge in [0.25, 0.3) is 0 Å². The Hall–Kier alpha value is -2.23. The van der Waals surface area contributed by atoms with E-state index in [9.17, 15) is 19.5 Å². The molecule has 0 aliphatic heterocycles. The highest BCUT2D eigenvalue weighted by Gasteiger charge is 2.22.